The van der Waals surface area contributed by atoms with Gasteiger partial charge in [-0.05, 0) is 12.1 Å². The monoisotopic (exact) mass is 305 g/mol. The first-order chi connectivity index (χ1) is 10.0. The summed E-state index contributed by atoms with van der Waals surface area (Å²) in [6, 6.07) is 6.15. The molecular formula is C14H13ClFN5. The van der Waals surface area contributed by atoms with E-state index >= 15 is 0 Å². The van der Waals surface area contributed by atoms with Gasteiger partial charge < -0.3 is 16.0 Å². The van der Waals surface area contributed by atoms with Gasteiger partial charge in [0.25, 0.3) is 0 Å². The van der Waals surface area contributed by atoms with E-state index in [4.69, 9.17) is 23.8 Å². The Morgan fingerprint density at radius 2 is 2.38 bits per heavy atom. The highest BCUT2D eigenvalue weighted by Gasteiger charge is 2.45. The van der Waals surface area contributed by atoms with Crippen molar-refractivity contribution in [2.24, 2.45) is 10.7 Å². The van der Waals surface area contributed by atoms with Crippen LogP contribution in [0, 0.1) is 18.2 Å². The van der Waals surface area contributed by atoms with Crippen molar-refractivity contribution in [3.63, 3.8) is 0 Å². The first-order valence-electron chi connectivity index (χ1n) is 6.29. The molecule has 1 atom stereocenters. The molecule has 0 radical (unpaired) electrons. The molecule has 3 rings (SSSR count). The van der Waals surface area contributed by atoms with E-state index < -0.39 is 5.12 Å². The lowest BCUT2D eigenvalue weighted by molar-refractivity contribution is 0.430. The zero-order valence-corrected chi connectivity index (χ0v) is 11.8. The maximum absolute atomic E-state index is 13.5. The zero-order chi connectivity index (χ0) is 15.0. The van der Waals surface area contributed by atoms with Gasteiger partial charge in [0.05, 0.1) is 24.6 Å². The molecule has 1 fully saturated rings. The number of guanidine groups is 1. The van der Waals surface area contributed by atoms with Gasteiger partial charge in [-0.25, -0.2) is 9.38 Å². The van der Waals surface area contributed by atoms with E-state index in [0.29, 0.717) is 30.2 Å². The fraction of sp³-hybridized carbons (Fsp3) is 0.214. The van der Waals surface area contributed by atoms with Gasteiger partial charge in [0.2, 0.25) is 5.12 Å². The summed E-state index contributed by atoms with van der Waals surface area (Å²) in [6.07, 6.45) is 5.38. The smallest absolute Gasteiger partial charge is 0.234 e. The van der Waals surface area contributed by atoms with Crippen LogP contribution in [0.2, 0.25) is 0 Å². The van der Waals surface area contributed by atoms with Gasteiger partial charge in [-0.1, -0.05) is 29.7 Å². The fourth-order valence-corrected chi connectivity index (χ4v) is 2.83. The van der Waals surface area contributed by atoms with Crippen LogP contribution in [0.4, 0.5) is 4.39 Å². The number of fused-ring (bicyclic) bond motifs is 1. The van der Waals surface area contributed by atoms with Gasteiger partial charge in [0, 0.05) is 5.56 Å². The minimum atomic E-state index is -1.19. The van der Waals surface area contributed by atoms with Crippen LogP contribution in [0.5, 0.6) is 0 Å². The molecule has 0 amide bonds. The van der Waals surface area contributed by atoms with Crippen LogP contribution in [0.3, 0.4) is 0 Å². The van der Waals surface area contributed by atoms with Crippen molar-refractivity contribution in [1.29, 1.82) is 0 Å². The van der Waals surface area contributed by atoms with Gasteiger partial charge >= 0.3 is 0 Å². The molecule has 1 aromatic carbocycles. The topological polar surface area (TPSA) is 65.7 Å². The number of nitrogens with zero attached hydrogens (tertiary/aromatic N) is 2. The number of nitrogens with two attached hydrogens (primary N) is 1. The number of benzene rings is 1. The second-order valence-electron chi connectivity index (χ2n) is 4.72. The molecule has 1 unspecified atom stereocenters. The Hall–Kier alpha value is -2.23. The Kier molecular flexibility index (Phi) is 3.24. The quantitative estimate of drug-likeness (QED) is 0.430. The van der Waals surface area contributed by atoms with Crippen LogP contribution in [0.25, 0.3) is 5.70 Å². The van der Waals surface area contributed by atoms with E-state index in [0.717, 1.165) is 0 Å². The van der Waals surface area contributed by atoms with E-state index in [1.54, 1.807) is 12.1 Å². The van der Waals surface area contributed by atoms with E-state index in [9.17, 15) is 4.39 Å². The van der Waals surface area contributed by atoms with E-state index in [1.165, 1.54) is 12.1 Å². The number of hydrogen-bond acceptors (Lipinski definition) is 5. The lowest BCUT2D eigenvalue weighted by atomic mass is 10.1. The lowest BCUT2D eigenvalue weighted by Gasteiger charge is -2.30. The van der Waals surface area contributed by atoms with Crippen LogP contribution >= 0.6 is 11.6 Å². The fourth-order valence-electron chi connectivity index (χ4n) is 2.47. The third kappa shape index (κ3) is 2.31. The van der Waals surface area contributed by atoms with Crippen molar-refractivity contribution >= 4 is 23.3 Å². The molecule has 2 aliphatic heterocycles. The summed E-state index contributed by atoms with van der Waals surface area (Å²) in [5.41, 5.74) is 7.65. The van der Waals surface area contributed by atoms with Crippen molar-refractivity contribution < 1.29 is 4.39 Å². The molecule has 4 N–H and O–H groups in total. The molecule has 1 saturated heterocycles. The summed E-state index contributed by atoms with van der Waals surface area (Å²) in [5, 5.41) is 4.82. The standard InChI is InChI=1S/C14H13ClFN5/c1-2-6-21-8-18-14(15)12(21)11(19-13(17)20-14)9-4-3-5-10(16)7-9/h1,3-5,7,18H,6,8H2,(H3,17,19,20). The minimum Gasteiger partial charge on any atom is -0.370 e. The molecule has 0 aromatic heterocycles. The molecular weight excluding hydrogens is 293 g/mol. The molecule has 5 nitrogen and oxygen atoms in total. The first kappa shape index (κ1) is 13.7. The Bertz CT molecular complexity index is 693. The maximum atomic E-state index is 13.5. The summed E-state index contributed by atoms with van der Waals surface area (Å²) < 4.78 is 13.5. The van der Waals surface area contributed by atoms with Gasteiger partial charge in [-0.2, -0.15) is 0 Å². The number of halogens is 2. The second kappa shape index (κ2) is 4.95. The average Bonchev–Trinajstić information content (AvgIpc) is 2.75. The number of nitrogens with one attached hydrogen (secondary N) is 2. The molecule has 21 heavy (non-hydrogen) atoms. The molecule has 0 bridgehead atoms. The van der Waals surface area contributed by atoms with Crippen LogP contribution in [-0.4, -0.2) is 29.2 Å². The van der Waals surface area contributed by atoms with Crippen molar-refractivity contribution in [2.45, 2.75) is 5.12 Å². The summed E-state index contributed by atoms with van der Waals surface area (Å²) >= 11 is 6.50. The Morgan fingerprint density at radius 3 is 3.10 bits per heavy atom. The highest BCUT2D eigenvalue weighted by atomic mass is 35.5. The van der Waals surface area contributed by atoms with Gasteiger partial charge in [-0.3, -0.25) is 5.32 Å². The van der Waals surface area contributed by atoms with Crippen molar-refractivity contribution in [1.82, 2.24) is 15.5 Å². The molecule has 7 heteroatoms. The van der Waals surface area contributed by atoms with Crippen molar-refractivity contribution in [2.75, 3.05) is 13.2 Å². The summed E-state index contributed by atoms with van der Waals surface area (Å²) in [7, 11) is 0. The Labute approximate surface area is 126 Å². The lowest BCUT2D eigenvalue weighted by Crippen LogP contribution is -2.45. The highest BCUT2D eigenvalue weighted by Crippen LogP contribution is 2.38. The number of aliphatic imine (C=N–C) groups is 1. The SMILES string of the molecule is C#CCN1CNC2(Cl)N=C(N)NC(c3cccc(F)c3)=C12. The number of rotatable bonds is 2. The number of alkyl halides is 1. The van der Waals surface area contributed by atoms with Crippen LogP contribution in [0.1, 0.15) is 5.56 Å². The van der Waals surface area contributed by atoms with Crippen molar-refractivity contribution in [3.05, 3.63) is 41.3 Å². The summed E-state index contributed by atoms with van der Waals surface area (Å²) in [4.78, 5) is 6.04. The van der Waals surface area contributed by atoms with Crippen LogP contribution in [-0.2, 0) is 0 Å². The third-order valence-electron chi connectivity index (χ3n) is 3.29. The maximum Gasteiger partial charge on any atom is 0.234 e. The number of terminal acetylenes is 1. The predicted octanol–water partition coefficient (Wildman–Crippen LogP) is 0.801. The second-order valence-corrected chi connectivity index (χ2v) is 5.26. The largest absolute Gasteiger partial charge is 0.370 e. The Morgan fingerprint density at radius 1 is 1.57 bits per heavy atom. The molecule has 0 spiro atoms. The first-order valence-corrected chi connectivity index (χ1v) is 6.67. The predicted molar refractivity (Wildman–Crippen MR) is 80.2 cm³/mol. The van der Waals surface area contributed by atoms with E-state index in [1.807, 2.05) is 4.90 Å². The van der Waals surface area contributed by atoms with Gasteiger partial charge in [0.15, 0.2) is 5.96 Å². The number of hydrogen-bond donors (Lipinski definition) is 3. The van der Waals surface area contributed by atoms with E-state index in [-0.39, 0.29) is 11.8 Å². The van der Waals surface area contributed by atoms with Gasteiger partial charge in [-0.15, -0.1) is 6.42 Å². The zero-order valence-electron chi connectivity index (χ0n) is 11.0. The third-order valence-corrected chi connectivity index (χ3v) is 3.69. The van der Waals surface area contributed by atoms with E-state index in [2.05, 4.69) is 21.5 Å². The molecule has 2 heterocycles. The normalized spacial score (nSPS) is 24.2. The highest BCUT2D eigenvalue weighted by molar-refractivity contribution is 6.27. The Balaban J connectivity index is 2.16. The van der Waals surface area contributed by atoms with Crippen LogP contribution < -0.4 is 16.4 Å². The molecule has 0 aliphatic carbocycles. The molecule has 1 aromatic rings. The average molecular weight is 306 g/mol. The van der Waals surface area contributed by atoms with Crippen LogP contribution in [0.15, 0.2) is 35.0 Å². The molecule has 0 saturated carbocycles. The minimum absolute atomic E-state index is 0.156. The van der Waals surface area contributed by atoms with Crippen molar-refractivity contribution in [3.8, 4) is 12.3 Å². The van der Waals surface area contributed by atoms with Gasteiger partial charge in [0.1, 0.15) is 5.82 Å². The molecule has 2 aliphatic rings. The molecule has 108 valence electrons. The summed E-state index contributed by atoms with van der Waals surface area (Å²) in [6.45, 7) is 0.785. The summed E-state index contributed by atoms with van der Waals surface area (Å²) in [5.74, 6) is 2.37.